The first-order valence-corrected chi connectivity index (χ1v) is 18.5. The molecule has 0 radical (unpaired) electrons. The van der Waals surface area contributed by atoms with E-state index in [0.29, 0.717) is 48.3 Å². The third-order valence-electron chi connectivity index (χ3n) is 13.5. The van der Waals surface area contributed by atoms with E-state index >= 15 is 0 Å². The van der Waals surface area contributed by atoms with E-state index in [1.165, 1.54) is 6.42 Å². The van der Waals surface area contributed by atoms with Crippen LogP contribution < -0.4 is 10.0 Å². The highest BCUT2D eigenvalue weighted by molar-refractivity contribution is 7.90. The van der Waals surface area contributed by atoms with Crippen LogP contribution in [0.1, 0.15) is 125 Å². The molecule has 4 N–H and O–H groups in total. The molecule has 0 saturated heterocycles. The molecule has 0 aromatic carbocycles. The maximum absolute atomic E-state index is 12.7. The maximum Gasteiger partial charge on any atom is 0.328 e. The van der Waals surface area contributed by atoms with Crippen LogP contribution in [0.25, 0.3) is 0 Å². The summed E-state index contributed by atoms with van der Waals surface area (Å²) in [6.45, 7) is 11.5. The smallest absolute Gasteiger partial charge is 0.328 e. The van der Waals surface area contributed by atoms with Crippen molar-refractivity contribution in [2.24, 2.45) is 52.3 Å². The zero-order valence-corrected chi connectivity index (χ0v) is 27.1. The Morgan fingerprint density at radius 1 is 0.902 bits per heavy atom. The molecular formula is C33H58N2O5S. The van der Waals surface area contributed by atoms with Crippen molar-refractivity contribution in [3.8, 4) is 0 Å². The van der Waals surface area contributed by atoms with Crippen LogP contribution in [0.5, 0.6) is 0 Å². The summed E-state index contributed by atoms with van der Waals surface area (Å²) in [7, 11) is -3.64. The summed E-state index contributed by atoms with van der Waals surface area (Å²) in [6.07, 6.45) is 12.9. The van der Waals surface area contributed by atoms with E-state index in [2.05, 4.69) is 37.7 Å². The molecule has 0 heterocycles. The molecule has 7 nitrogen and oxygen atoms in total. The fraction of sp³-hybridized carbons (Fsp3) is 0.970. The monoisotopic (exact) mass is 594 g/mol. The van der Waals surface area contributed by atoms with Gasteiger partial charge in [0.1, 0.15) is 0 Å². The van der Waals surface area contributed by atoms with Gasteiger partial charge in [-0.25, -0.2) is 17.9 Å². The number of hydrogen-bond acceptors (Lipinski definition) is 5. The van der Waals surface area contributed by atoms with Crippen LogP contribution in [0.4, 0.5) is 4.79 Å². The molecule has 41 heavy (non-hydrogen) atoms. The molecule has 0 aromatic rings. The Bertz CT molecular complexity index is 1050. The minimum absolute atomic E-state index is 0.122. The molecule has 0 aromatic heterocycles. The number of fused-ring (bicyclic) bond motifs is 5. The first-order chi connectivity index (χ1) is 19.3. The summed E-state index contributed by atoms with van der Waals surface area (Å²) in [4.78, 5) is 12.7. The number of rotatable bonds is 7. The van der Waals surface area contributed by atoms with Crippen molar-refractivity contribution in [3.63, 3.8) is 0 Å². The Balaban J connectivity index is 1.23. The van der Waals surface area contributed by atoms with Gasteiger partial charge in [-0.05, 0) is 123 Å². The zero-order chi connectivity index (χ0) is 29.7. The summed E-state index contributed by atoms with van der Waals surface area (Å²) in [5, 5.41) is 25.0. The number of amides is 2. The average Bonchev–Trinajstić information content (AvgIpc) is 3.27. The Hall–Kier alpha value is -0.860. The second-order valence-electron chi connectivity index (χ2n) is 15.6. The summed E-state index contributed by atoms with van der Waals surface area (Å²) < 4.78 is 27.7. The Labute approximate surface area is 249 Å². The van der Waals surface area contributed by atoms with Crippen molar-refractivity contribution in [3.05, 3.63) is 0 Å². The average molecular weight is 595 g/mol. The minimum atomic E-state index is -3.64. The number of aliphatic hydroxyl groups excluding tert-OH is 2. The van der Waals surface area contributed by atoms with Gasteiger partial charge in [-0.15, -0.1) is 0 Å². The van der Waals surface area contributed by atoms with Gasteiger partial charge in [-0.3, -0.25) is 0 Å². The van der Waals surface area contributed by atoms with Crippen molar-refractivity contribution < 1.29 is 23.4 Å². The van der Waals surface area contributed by atoms with Gasteiger partial charge in [0.05, 0.1) is 17.5 Å². The molecule has 236 valence electrons. The van der Waals surface area contributed by atoms with Crippen molar-refractivity contribution >= 4 is 16.1 Å². The highest BCUT2D eigenvalue weighted by Gasteiger charge is 2.64. The SMILES string of the molecule is CC[C@H]1[C@@H](O)[C@@H]2[C@H](CC[C@]3(C)[C@@H]([C@H](C)C[C@H](C)NC(=O)NS(=O)(=O)C4CCCCC4)CC[C@@H]23)[C@@]2(C)CC[C@@H](O)C[C@@H]12. The highest BCUT2D eigenvalue weighted by Crippen LogP contribution is 2.69. The van der Waals surface area contributed by atoms with E-state index in [0.717, 1.165) is 70.6 Å². The molecule has 5 saturated carbocycles. The molecule has 5 rings (SSSR count). The molecule has 0 bridgehead atoms. The normalized spacial score (nSPS) is 44.7. The Morgan fingerprint density at radius 2 is 1.56 bits per heavy atom. The number of urea groups is 1. The topological polar surface area (TPSA) is 116 Å². The van der Waals surface area contributed by atoms with E-state index in [9.17, 15) is 23.4 Å². The van der Waals surface area contributed by atoms with E-state index in [-0.39, 0.29) is 35.0 Å². The van der Waals surface area contributed by atoms with Gasteiger partial charge in [0.2, 0.25) is 10.0 Å². The van der Waals surface area contributed by atoms with Gasteiger partial charge in [0.25, 0.3) is 0 Å². The van der Waals surface area contributed by atoms with Crippen molar-refractivity contribution in [1.29, 1.82) is 0 Å². The van der Waals surface area contributed by atoms with Gasteiger partial charge in [-0.2, -0.15) is 0 Å². The lowest BCUT2D eigenvalue weighted by molar-refractivity contribution is -0.203. The van der Waals surface area contributed by atoms with Crippen molar-refractivity contribution in [2.45, 2.75) is 148 Å². The molecule has 5 fully saturated rings. The molecule has 0 aliphatic heterocycles. The Kier molecular flexibility index (Phi) is 9.17. The number of carbonyl (C=O) groups is 1. The fourth-order valence-electron chi connectivity index (χ4n) is 11.6. The predicted octanol–water partition coefficient (Wildman–Crippen LogP) is 5.99. The number of hydrogen-bond donors (Lipinski definition) is 4. The molecular weight excluding hydrogens is 536 g/mol. The van der Waals surface area contributed by atoms with Gasteiger partial charge >= 0.3 is 6.03 Å². The second kappa shape index (κ2) is 11.9. The molecule has 12 atom stereocenters. The third kappa shape index (κ3) is 5.72. The Morgan fingerprint density at radius 3 is 2.24 bits per heavy atom. The van der Waals surface area contributed by atoms with Crippen LogP contribution in [-0.2, 0) is 10.0 Å². The predicted molar refractivity (Wildman–Crippen MR) is 162 cm³/mol. The number of aliphatic hydroxyl groups is 2. The minimum Gasteiger partial charge on any atom is -0.393 e. The van der Waals surface area contributed by atoms with Crippen molar-refractivity contribution in [1.82, 2.24) is 10.0 Å². The molecule has 2 amide bonds. The molecule has 8 heteroatoms. The molecule has 5 aliphatic carbocycles. The van der Waals surface area contributed by atoms with Crippen LogP contribution in [-0.4, -0.2) is 48.2 Å². The van der Waals surface area contributed by atoms with Crippen LogP contribution >= 0.6 is 0 Å². The van der Waals surface area contributed by atoms with E-state index in [4.69, 9.17) is 0 Å². The number of nitrogens with one attached hydrogen (secondary N) is 2. The standard InChI is InChI=1S/C33H58N2O5S/c1-6-24-28-19-22(36)14-16-33(28,5)27-15-17-32(4)25(12-13-26(32)29(27)30(24)37)20(2)18-21(3)34-31(38)35-41(39,40)23-10-8-7-9-11-23/h20-30,36-37H,6-19H2,1-5H3,(H2,34,35,38)/t20-,21+,22-,24-,25-,26+,27+,28+,29+,30-,32-,33-/m1/s1. The third-order valence-corrected chi connectivity index (χ3v) is 15.3. The van der Waals surface area contributed by atoms with E-state index in [1.807, 2.05) is 6.92 Å². The molecule has 0 spiro atoms. The second-order valence-corrected chi connectivity index (χ2v) is 17.6. The van der Waals surface area contributed by atoms with Gasteiger partial charge in [0.15, 0.2) is 0 Å². The van der Waals surface area contributed by atoms with E-state index in [1.54, 1.807) is 0 Å². The fourth-order valence-corrected chi connectivity index (χ4v) is 13.0. The highest BCUT2D eigenvalue weighted by atomic mass is 32.2. The van der Waals surface area contributed by atoms with Gasteiger partial charge in [-0.1, -0.05) is 53.4 Å². The van der Waals surface area contributed by atoms with Crippen LogP contribution in [0.15, 0.2) is 0 Å². The van der Waals surface area contributed by atoms with Crippen LogP contribution in [0.2, 0.25) is 0 Å². The largest absolute Gasteiger partial charge is 0.393 e. The van der Waals surface area contributed by atoms with Crippen molar-refractivity contribution in [2.75, 3.05) is 0 Å². The van der Waals surface area contributed by atoms with Gasteiger partial charge < -0.3 is 15.5 Å². The number of carbonyl (C=O) groups excluding carboxylic acids is 1. The zero-order valence-electron chi connectivity index (χ0n) is 26.3. The number of sulfonamides is 1. The van der Waals surface area contributed by atoms with Crippen LogP contribution in [0.3, 0.4) is 0 Å². The summed E-state index contributed by atoms with van der Waals surface area (Å²) in [5.74, 6) is 2.96. The lowest BCUT2D eigenvalue weighted by Crippen LogP contribution is -2.62. The summed E-state index contributed by atoms with van der Waals surface area (Å²) in [6, 6.07) is -0.716. The molecule has 0 unspecified atom stereocenters. The van der Waals surface area contributed by atoms with Crippen LogP contribution in [0, 0.1) is 52.3 Å². The molecule has 5 aliphatic rings. The summed E-state index contributed by atoms with van der Waals surface area (Å²) in [5.41, 5.74) is 0.377. The first kappa shape index (κ1) is 31.6. The lowest BCUT2D eigenvalue weighted by atomic mass is 9.41. The summed E-state index contributed by atoms with van der Waals surface area (Å²) >= 11 is 0. The first-order valence-electron chi connectivity index (χ1n) is 17.0. The maximum atomic E-state index is 12.7. The van der Waals surface area contributed by atoms with Gasteiger partial charge in [0, 0.05) is 6.04 Å². The lowest BCUT2D eigenvalue weighted by Gasteiger charge is -2.64. The quantitative estimate of drug-likeness (QED) is 0.289. The van der Waals surface area contributed by atoms with E-state index < -0.39 is 21.3 Å².